The Morgan fingerprint density at radius 2 is 1.73 bits per heavy atom. The highest BCUT2D eigenvalue weighted by atomic mass is 35.5. The van der Waals surface area contributed by atoms with Gasteiger partial charge in [-0.15, -0.1) is 0 Å². The fourth-order valence-corrected chi connectivity index (χ4v) is 3.60. The van der Waals surface area contributed by atoms with E-state index in [1.165, 1.54) is 10.5 Å². The molecule has 0 aromatic heterocycles. The van der Waals surface area contributed by atoms with E-state index in [0.717, 1.165) is 26.3 Å². The van der Waals surface area contributed by atoms with Gasteiger partial charge in [0, 0.05) is 16.3 Å². The number of quaternary nitrogens is 1. The van der Waals surface area contributed by atoms with E-state index in [4.69, 9.17) is 16.3 Å². The van der Waals surface area contributed by atoms with Crippen LogP contribution in [0.1, 0.15) is 18.5 Å². The van der Waals surface area contributed by atoms with Crippen LogP contribution in [0.15, 0.2) is 54.6 Å². The number of carbonyl (C=O) groups is 1. The van der Waals surface area contributed by atoms with Gasteiger partial charge in [-0.25, -0.2) is 4.79 Å². The summed E-state index contributed by atoms with van der Waals surface area (Å²) >= 11 is 5.89. The van der Waals surface area contributed by atoms with E-state index in [9.17, 15) is 4.79 Å². The van der Waals surface area contributed by atoms with E-state index in [-0.39, 0.29) is 18.1 Å². The number of morpholine rings is 1. The van der Waals surface area contributed by atoms with Crippen LogP contribution in [0.4, 0.5) is 10.5 Å². The summed E-state index contributed by atoms with van der Waals surface area (Å²) in [5, 5.41) is 6.60. The minimum absolute atomic E-state index is 0.0298. The minimum atomic E-state index is -0.214. The molecular weight excluding hydrogens is 350 g/mol. The van der Waals surface area contributed by atoms with E-state index in [1.807, 2.05) is 18.2 Å². The Morgan fingerprint density at radius 1 is 1.08 bits per heavy atom. The molecule has 0 radical (unpaired) electrons. The van der Waals surface area contributed by atoms with Crippen LogP contribution in [0, 0.1) is 0 Å². The summed E-state index contributed by atoms with van der Waals surface area (Å²) < 4.78 is 5.50. The van der Waals surface area contributed by atoms with Gasteiger partial charge in [-0.1, -0.05) is 41.9 Å². The van der Waals surface area contributed by atoms with Crippen LogP contribution < -0.4 is 15.5 Å². The highest BCUT2D eigenvalue weighted by Crippen LogP contribution is 2.16. The topological polar surface area (TPSA) is 54.8 Å². The molecule has 26 heavy (non-hydrogen) atoms. The van der Waals surface area contributed by atoms with Crippen LogP contribution >= 0.6 is 11.6 Å². The Balaban J connectivity index is 1.69. The molecule has 1 saturated heterocycles. The van der Waals surface area contributed by atoms with E-state index >= 15 is 0 Å². The zero-order valence-corrected chi connectivity index (χ0v) is 15.6. The third-order valence-electron chi connectivity index (χ3n) is 4.69. The van der Waals surface area contributed by atoms with Crippen molar-refractivity contribution in [3.8, 4) is 0 Å². The summed E-state index contributed by atoms with van der Waals surface area (Å²) in [6.07, 6.45) is 0. The number of anilines is 1. The zero-order valence-electron chi connectivity index (χ0n) is 14.9. The first-order chi connectivity index (χ1) is 12.6. The number of halogens is 1. The number of ether oxygens (including phenoxy) is 1. The first kappa shape index (κ1) is 18.7. The predicted octanol–water partition coefficient (Wildman–Crippen LogP) is 2.51. The van der Waals surface area contributed by atoms with Gasteiger partial charge in [0.2, 0.25) is 0 Å². The quantitative estimate of drug-likeness (QED) is 0.753. The molecule has 2 aromatic rings. The fraction of sp³-hybridized carbons (Fsp3) is 0.350. The van der Waals surface area contributed by atoms with Gasteiger partial charge in [-0.3, -0.25) is 0 Å². The highest BCUT2D eigenvalue weighted by Gasteiger charge is 2.32. The molecule has 0 aliphatic carbocycles. The Hall–Kier alpha value is -2.08. The van der Waals surface area contributed by atoms with Crippen molar-refractivity contribution in [1.29, 1.82) is 0 Å². The molecule has 1 aliphatic heterocycles. The Bertz CT molecular complexity index is 703. The van der Waals surface area contributed by atoms with Crippen molar-refractivity contribution >= 4 is 23.3 Å². The van der Waals surface area contributed by atoms with E-state index in [2.05, 4.69) is 29.7 Å². The van der Waals surface area contributed by atoms with Gasteiger partial charge in [0.1, 0.15) is 19.1 Å². The van der Waals surface area contributed by atoms with Gasteiger partial charge >= 0.3 is 6.03 Å². The van der Waals surface area contributed by atoms with Gasteiger partial charge in [0.25, 0.3) is 0 Å². The molecule has 1 fully saturated rings. The molecule has 2 amide bonds. The average molecular weight is 375 g/mol. The normalized spacial score (nSPS) is 17.3. The molecule has 1 aliphatic rings. The molecule has 3 N–H and O–H groups in total. The predicted molar refractivity (Wildman–Crippen MR) is 104 cm³/mol. The lowest BCUT2D eigenvalue weighted by atomic mass is 9.98. The van der Waals surface area contributed by atoms with Crippen molar-refractivity contribution < 1.29 is 14.4 Å². The second kappa shape index (κ2) is 9.03. The molecule has 138 valence electrons. The Morgan fingerprint density at radius 3 is 2.38 bits per heavy atom. The first-order valence-corrected chi connectivity index (χ1v) is 9.31. The summed E-state index contributed by atoms with van der Waals surface area (Å²) in [6.45, 7) is 5.43. The molecular formula is C20H25ClN3O2+. The Labute approximate surface area is 159 Å². The summed E-state index contributed by atoms with van der Waals surface area (Å²) in [5.41, 5.74) is 1.94. The lowest BCUT2D eigenvalue weighted by Gasteiger charge is -2.35. The largest absolute Gasteiger partial charge is 0.370 e. The summed E-state index contributed by atoms with van der Waals surface area (Å²) in [6, 6.07) is 17.4. The van der Waals surface area contributed by atoms with Crippen molar-refractivity contribution in [1.82, 2.24) is 5.32 Å². The van der Waals surface area contributed by atoms with Gasteiger partial charge in [-0.05, 0) is 31.2 Å². The number of hydrogen-bond donors (Lipinski definition) is 3. The van der Waals surface area contributed by atoms with Crippen molar-refractivity contribution in [2.45, 2.75) is 19.0 Å². The van der Waals surface area contributed by atoms with Gasteiger partial charge in [-0.2, -0.15) is 0 Å². The number of nitrogens with one attached hydrogen (secondary N) is 3. The van der Waals surface area contributed by atoms with Crippen LogP contribution in [0.2, 0.25) is 5.02 Å². The maximum absolute atomic E-state index is 12.4. The number of benzene rings is 2. The average Bonchev–Trinajstić information content (AvgIpc) is 2.65. The van der Waals surface area contributed by atoms with Crippen LogP contribution in [-0.2, 0) is 4.74 Å². The molecule has 0 spiro atoms. The smallest absolute Gasteiger partial charge is 0.319 e. The molecule has 0 unspecified atom stereocenters. The van der Waals surface area contributed by atoms with Gasteiger partial charge in [0.15, 0.2) is 0 Å². The number of amides is 2. The van der Waals surface area contributed by atoms with E-state index in [1.54, 1.807) is 24.3 Å². The van der Waals surface area contributed by atoms with Gasteiger partial charge < -0.3 is 20.3 Å². The molecule has 0 bridgehead atoms. The van der Waals surface area contributed by atoms with Crippen molar-refractivity contribution in [2.24, 2.45) is 0 Å². The standard InChI is InChI=1S/C20H24ClN3O2/c1-15(22-20(25)23-18-9-7-17(21)8-10-18)19(16-5-3-2-4-6-16)24-11-13-26-14-12-24/h2-10,15,19H,11-14H2,1H3,(H2,22,23,25)/p+1/t15-,19-/m0/s1. The minimum Gasteiger partial charge on any atom is -0.370 e. The molecule has 3 rings (SSSR count). The fourth-order valence-electron chi connectivity index (χ4n) is 3.47. The number of carbonyl (C=O) groups excluding carboxylic acids is 1. The van der Waals surface area contributed by atoms with Crippen LogP contribution in [-0.4, -0.2) is 38.4 Å². The summed E-state index contributed by atoms with van der Waals surface area (Å²) in [4.78, 5) is 13.9. The maximum atomic E-state index is 12.4. The monoisotopic (exact) mass is 374 g/mol. The van der Waals surface area contributed by atoms with Crippen LogP contribution in [0.25, 0.3) is 0 Å². The lowest BCUT2D eigenvalue weighted by molar-refractivity contribution is -0.940. The van der Waals surface area contributed by atoms with Crippen molar-refractivity contribution in [3.05, 3.63) is 65.2 Å². The van der Waals surface area contributed by atoms with E-state index < -0.39 is 0 Å². The molecule has 2 aromatic carbocycles. The van der Waals surface area contributed by atoms with Gasteiger partial charge in [0.05, 0.1) is 19.3 Å². The number of urea groups is 1. The van der Waals surface area contributed by atoms with Crippen LogP contribution in [0.5, 0.6) is 0 Å². The highest BCUT2D eigenvalue weighted by molar-refractivity contribution is 6.30. The first-order valence-electron chi connectivity index (χ1n) is 8.94. The number of hydrogen-bond acceptors (Lipinski definition) is 2. The SMILES string of the molecule is C[C@H](NC(=O)Nc1ccc(Cl)cc1)[C@@H](c1ccccc1)[NH+]1CCOCC1. The molecule has 2 atom stereocenters. The van der Waals surface area contributed by atoms with Crippen molar-refractivity contribution in [3.63, 3.8) is 0 Å². The summed E-state index contributed by atoms with van der Waals surface area (Å²) in [7, 11) is 0. The molecule has 0 saturated carbocycles. The lowest BCUT2D eigenvalue weighted by Crippen LogP contribution is -3.15. The Kier molecular flexibility index (Phi) is 6.50. The zero-order chi connectivity index (χ0) is 18.4. The molecule has 6 heteroatoms. The van der Waals surface area contributed by atoms with E-state index in [0.29, 0.717) is 10.7 Å². The maximum Gasteiger partial charge on any atom is 0.319 e. The molecule has 1 heterocycles. The molecule has 5 nitrogen and oxygen atoms in total. The second-order valence-corrected chi connectivity index (χ2v) is 6.99. The van der Waals surface area contributed by atoms with Crippen LogP contribution in [0.3, 0.4) is 0 Å². The van der Waals surface area contributed by atoms with Crippen molar-refractivity contribution in [2.75, 3.05) is 31.6 Å². The third-order valence-corrected chi connectivity index (χ3v) is 4.95. The second-order valence-electron chi connectivity index (χ2n) is 6.55. The summed E-state index contributed by atoms with van der Waals surface area (Å²) in [5.74, 6) is 0. The third kappa shape index (κ3) is 4.97. The number of rotatable bonds is 5.